The number of rotatable bonds is 5. The minimum absolute atomic E-state index is 0. The van der Waals surface area contributed by atoms with Crippen LogP contribution < -0.4 is 10.6 Å². The van der Waals surface area contributed by atoms with E-state index in [1.165, 1.54) is 17.7 Å². The van der Waals surface area contributed by atoms with Crippen LogP contribution >= 0.6 is 24.0 Å². The Morgan fingerprint density at radius 2 is 1.83 bits per heavy atom. The van der Waals surface area contributed by atoms with E-state index in [0.717, 1.165) is 12.5 Å². The third kappa shape index (κ3) is 4.01. The molecule has 0 aromatic heterocycles. The van der Waals surface area contributed by atoms with Crippen molar-refractivity contribution in [3.8, 4) is 0 Å². The summed E-state index contributed by atoms with van der Waals surface area (Å²) in [5.74, 6) is 0.300. The maximum atomic E-state index is 12.2. The molecule has 0 spiro atoms. The van der Waals surface area contributed by atoms with Crippen molar-refractivity contribution in [2.75, 3.05) is 19.6 Å². The van der Waals surface area contributed by atoms with E-state index in [4.69, 9.17) is 0 Å². The topological polar surface area (TPSA) is 73.8 Å². The summed E-state index contributed by atoms with van der Waals surface area (Å²) >= 11 is 0. The van der Waals surface area contributed by atoms with Gasteiger partial charge in [0.25, 0.3) is 11.8 Å². The minimum Gasteiger partial charge on any atom is -0.357 e. The van der Waals surface area contributed by atoms with Gasteiger partial charge in [0.05, 0.1) is 17.7 Å². The van der Waals surface area contributed by atoms with E-state index in [0.29, 0.717) is 30.3 Å². The van der Waals surface area contributed by atoms with Crippen LogP contribution in [-0.2, 0) is 0 Å². The van der Waals surface area contributed by atoms with E-state index in [1.807, 2.05) is 6.92 Å². The lowest BCUT2D eigenvalue weighted by atomic mass is 10.1. The van der Waals surface area contributed by atoms with Crippen LogP contribution in [0.2, 0.25) is 0 Å². The van der Waals surface area contributed by atoms with Gasteiger partial charge in [-0.3, -0.25) is 19.5 Å². The zero-order valence-corrected chi connectivity index (χ0v) is 15.4. The molecule has 1 saturated carbocycles. The zero-order chi connectivity index (χ0) is 15.5. The number of amides is 2. The van der Waals surface area contributed by atoms with Crippen LogP contribution in [-0.4, -0.2) is 48.3 Å². The second kappa shape index (κ2) is 7.76. The van der Waals surface area contributed by atoms with E-state index in [9.17, 15) is 9.59 Å². The molecule has 1 aromatic carbocycles. The second-order valence-corrected chi connectivity index (χ2v) is 5.49. The number of benzene rings is 1. The fourth-order valence-corrected chi connectivity index (χ4v) is 2.45. The van der Waals surface area contributed by atoms with Crippen molar-refractivity contribution < 1.29 is 9.59 Å². The summed E-state index contributed by atoms with van der Waals surface area (Å²) in [5.41, 5.74) is 0.971. The average molecular weight is 428 g/mol. The third-order valence-corrected chi connectivity index (χ3v) is 3.73. The molecular formula is C16H21IN4O2. The molecule has 2 amide bonds. The monoisotopic (exact) mass is 428 g/mol. The first kappa shape index (κ1) is 17.7. The van der Waals surface area contributed by atoms with Gasteiger partial charge in [-0.05, 0) is 31.9 Å². The lowest BCUT2D eigenvalue weighted by Crippen LogP contribution is -2.39. The number of fused-ring (bicyclic) bond motifs is 1. The van der Waals surface area contributed by atoms with Gasteiger partial charge in [0.15, 0.2) is 5.96 Å². The Bertz CT molecular complexity index is 593. The molecule has 1 fully saturated rings. The molecule has 3 rings (SSSR count). The molecule has 1 heterocycles. The van der Waals surface area contributed by atoms with Crippen molar-refractivity contribution >= 4 is 41.8 Å². The van der Waals surface area contributed by atoms with Crippen LogP contribution in [0.3, 0.4) is 0 Å². The van der Waals surface area contributed by atoms with Gasteiger partial charge in [-0.1, -0.05) is 12.1 Å². The molecule has 124 valence electrons. The molecule has 1 aliphatic carbocycles. The summed E-state index contributed by atoms with van der Waals surface area (Å²) in [5, 5.41) is 6.48. The number of carbonyl (C=O) groups excluding carboxylic acids is 2. The highest BCUT2D eigenvalue weighted by Crippen LogP contribution is 2.22. The van der Waals surface area contributed by atoms with Crippen molar-refractivity contribution in [2.24, 2.45) is 4.99 Å². The molecule has 23 heavy (non-hydrogen) atoms. The summed E-state index contributed by atoms with van der Waals surface area (Å²) in [6, 6.07) is 7.44. The second-order valence-electron chi connectivity index (χ2n) is 5.49. The molecule has 7 heteroatoms. The molecular weight excluding hydrogens is 407 g/mol. The summed E-state index contributed by atoms with van der Waals surface area (Å²) in [6.07, 6.45) is 2.34. The fraction of sp³-hybridized carbons (Fsp3) is 0.438. The van der Waals surface area contributed by atoms with E-state index < -0.39 is 0 Å². The number of nitrogens with one attached hydrogen (secondary N) is 2. The Kier molecular flexibility index (Phi) is 5.97. The van der Waals surface area contributed by atoms with Crippen LogP contribution in [0, 0.1) is 0 Å². The van der Waals surface area contributed by atoms with Crippen LogP contribution in [0.25, 0.3) is 0 Å². The fourth-order valence-electron chi connectivity index (χ4n) is 2.45. The predicted molar refractivity (Wildman–Crippen MR) is 99.4 cm³/mol. The number of guanidine groups is 1. The predicted octanol–water partition coefficient (Wildman–Crippen LogP) is 1.62. The van der Waals surface area contributed by atoms with Gasteiger partial charge in [0.1, 0.15) is 0 Å². The number of hydrogen-bond donors (Lipinski definition) is 2. The summed E-state index contributed by atoms with van der Waals surface area (Å²) in [4.78, 5) is 30.2. The Balaban J connectivity index is 0.00000192. The average Bonchev–Trinajstić information content (AvgIpc) is 3.30. The lowest BCUT2D eigenvalue weighted by molar-refractivity contribution is 0.0659. The maximum absolute atomic E-state index is 12.2. The Morgan fingerprint density at radius 3 is 2.35 bits per heavy atom. The first-order valence-electron chi connectivity index (χ1n) is 7.70. The van der Waals surface area contributed by atoms with Crippen molar-refractivity contribution in [2.45, 2.75) is 25.8 Å². The van der Waals surface area contributed by atoms with Crippen molar-refractivity contribution in [1.29, 1.82) is 0 Å². The number of halogens is 1. The first-order valence-corrected chi connectivity index (χ1v) is 7.70. The number of imide groups is 1. The molecule has 2 aliphatic rings. The van der Waals surface area contributed by atoms with E-state index in [1.54, 1.807) is 24.3 Å². The molecule has 0 saturated heterocycles. The van der Waals surface area contributed by atoms with E-state index in [-0.39, 0.29) is 35.8 Å². The summed E-state index contributed by atoms with van der Waals surface area (Å²) in [6.45, 7) is 3.49. The SMILES string of the molecule is CCNC(=NCCN1C(=O)c2ccccc2C1=O)NC1CC1.I. The first-order chi connectivity index (χ1) is 10.7. The van der Waals surface area contributed by atoms with Gasteiger partial charge in [0.2, 0.25) is 0 Å². The van der Waals surface area contributed by atoms with E-state index in [2.05, 4.69) is 15.6 Å². The molecule has 0 atom stereocenters. The van der Waals surface area contributed by atoms with Gasteiger partial charge < -0.3 is 10.6 Å². The van der Waals surface area contributed by atoms with Gasteiger partial charge in [-0.15, -0.1) is 24.0 Å². The highest BCUT2D eigenvalue weighted by molar-refractivity contribution is 14.0. The molecule has 1 aliphatic heterocycles. The number of carbonyl (C=O) groups is 2. The molecule has 0 radical (unpaired) electrons. The number of aliphatic imine (C=N–C) groups is 1. The maximum Gasteiger partial charge on any atom is 0.261 e. The Labute approximate surface area is 152 Å². The smallest absolute Gasteiger partial charge is 0.261 e. The summed E-state index contributed by atoms with van der Waals surface area (Å²) < 4.78 is 0. The van der Waals surface area contributed by atoms with Crippen molar-refractivity contribution in [3.05, 3.63) is 35.4 Å². The van der Waals surface area contributed by atoms with Crippen molar-refractivity contribution in [1.82, 2.24) is 15.5 Å². The molecule has 0 bridgehead atoms. The largest absolute Gasteiger partial charge is 0.357 e. The molecule has 6 nitrogen and oxygen atoms in total. The molecule has 0 unspecified atom stereocenters. The van der Waals surface area contributed by atoms with Gasteiger partial charge >= 0.3 is 0 Å². The summed E-state index contributed by atoms with van der Waals surface area (Å²) in [7, 11) is 0. The standard InChI is InChI=1S/C16H20N4O2.HI/c1-2-17-16(19-11-7-8-11)18-9-10-20-14(21)12-5-3-4-6-13(12)15(20)22;/h3-6,11H,2,7-10H2,1H3,(H2,17,18,19);1H. The van der Waals surface area contributed by atoms with Gasteiger partial charge in [-0.2, -0.15) is 0 Å². The Morgan fingerprint density at radius 1 is 1.22 bits per heavy atom. The molecule has 2 N–H and O–H groups in total. The third-order valence-electron chi connectivity index (χ3n) is 3.73. The van der Waals surface area contributed by atoms with Crippen LogP contribution in [0.5, 0.6) is 0 Å². The van der Waals surface area contributed by atoms with E-state index >= 15 is 0 Å². The van der Waals surface area contributed by atoms with Gasteiger partial charge in [0, 0.05) is 19.1 Å². The van der Waals surface area contributed by atoms with Crippen LogP contribution in [0.15, 0.2) is 29.3 Å². The quantitative estimate of drug-likeness (QED) is 0.324. The van der Waals surface area contributed by atoms with Gasteiger partial charge in [-0.25, -0.2) is 0 Å². The van der Waals surface area contributed by atoms with Crippen LogP contribution in [0.4, 0.5) is 0 Å². The normalized spacial score (nSPS) is 16.9. The van der Waals surface area contributed by atoms with Crippen molar-refractivity contribution in [3.63, 3.8) is 0 Å². The number of nitrogens with zero attached hydrogens (tertiary/aromatic N) is 2. The Hall–Kier alpha value is -1.64. The van der Waals surface area contributed by atoms with Crippen LogP contribution in [0.1, 0.15) is 40.5 Å². The minimum atomic E-state index is -0.226. The zero-order valence-electron chi connectivity index (χ0n) is 13.0. The molecule has 1 aromatic rings. The highest BCUT2D eigenvalue weighted by atomic mass is 127. The number of hydrogen-bond acceptors (Lipinski definition) is 3. The highest BCUT2D eigenvalue weighted by Gasteiger charge is 2.34. The lowest BCUT2D eigenvalue weighted by Gasteiger charge is -2.14.